The van der Waals surface area contributed by atoms with Gasteiger partial charge in [-0.05, 0) is 38.1 Å². The Morgan fingerprint density at radius 3 is 2.50 bits per heavy atom. The minimum atomic E-state index is -0.440. The summed E-state index contributed by atoms with van der Waals surface area (Å²) in [5.41, 5.74) is 1.42. The second-order valence-corrected chi connectivity index (χ2v) is 5.54. The number of imide groups is 1. The van der Waals surface area contributed by atoms with Crippen LogP contribution in [0.2, 0.25) is 0 Å². The molecule has 2 aromatic rings. The van der Waals surface area contributed by atoms with Gasteiger partial charge < -0.3 is 14.5 Å². The standard InChI is InChI=1S/C19H18N2O5/c1-3-21-17(22)15(20-19(21)24)11-14-9-10-16(26-14)12-5-7-13(8-6-12)18(23)25-4-2/h5-11H,3-4H2,1-2H3,(H,20,24). The van der Waals surface area contributed by atoms with Gasteiger partial charge in [0, 0.05) is 18.2 Å². The SMILES string of the molecule is CCOC(=O)c1ccc(-c2ccc(C=C3NC(=O)N(CC)C3=O)o2)cc1. The van der Waals surface area contributed by atoms with Crippen molar-refractivity contribution in [2.24, 2.45) is 0 Å². The van der Waals surface area contributed by atoms with E-state index in [9.17, 15) is 14.4 Å². The van der Waals surface area contributed by atoms with Gasteiger partial charge in [-0.3, -0.25) is 9.69 Å². The number of nitrogens with zero attached hydrogens (tertiary/aromatic N) is 1. The lowest BCUT2D eigenvalue weighted by Gasteiger charge is -2.05. The van der Waals surface area contributed by atoms with E-state index in [4.69, 9.17) is 9.15 Å². The molecule has 0 atom stereocenters. The molecule has 134 valence electrons. The van der Waals surface area contributed by atoms with Crippen LogP contribution in [0.4, 0.5) is 4.79 Å². The van der Waals surface area contributed by atoms with Crippen molar-refractivity contribution in [3.63, 3.8) is 0 Å². The van der Waals surface area contributed by atoms with Crippen LogP contribution < -0.4 is 5.32 Å². The van der Waals surface area contributed by atoms with E-state index in [0.29, 0.717) is 30.2 Å². The van der Waals surface area contributed by atoms with Gasteiger partial charge in [0.1, 0.15) is 17.2 Å². The maximum absolute atomic E-state index is 12.1. The van der Waals surface area contributed by atoms with Crippen LogP contribution in [0.3, 0.4) is 0 Å². The zero-order valence-electron chi connectivity index (χ0n) is 14.4. The van der Waals surface area contributed by atoms with E-state index in [2.05, 4.69) is 5.32 Å². The summed E-state index contributed by atoms with van der Waals surface area (Å²) >= 11 is 0. The van der Waals surface area contributed by atoms with Gasteiger partial charge in [0.25, 0.3) is 5.91 Å². The van der Waals surface area contributed by atoms with E-state index < -0.39 is 6.03 Å². The number of benzene rings is 1. The number of furan rings is 1. The number of rotatable bonds is 5. The lowest BCUT2D eigenvalue weighted by molar-refractivity contribution is -0.122. The second kappa shape index (κ2) is 7.26. The summed E-state index contributed by atoms with van der Waals surface area (Å²) in [4.78, 5) is 36.5. The van der Waals surface area contributed by atoms with Crippen LogP contribution in [0, 0.1) is 0 Å². The second-order valence-electron chi connectivity index (χ2n) is 5.54. The highest BCUT2D eigenvalue weighted by molar-refractivity contribution is 6.13. The maximum atomic E-state index is 12.1. The molecule has 26 heavy (non-hydrogen) atoms. The molecule has 0 bridgehead atoms. The highest BCUT2D eigenvalue weighted by atomic mass is 16.5. The number of esters is 1. The van der Waals surface area contributed by atoms with E-state index in [0.717, 1.165) is 10.5 Å². The van der Waals surface area contributed by atoms with Crippen molar-refractivity contribution in [2.75, 3.05) is 13.2 Å². The van der Waals surface area contributed by atoms with Crippen molar-refractivity contribution in [2.45, 2.75) is 13.8 Å². The summed E-state index contributed by atoms with van der Waals surface area (Å²) in [5.74, 6) is 0.265. The fraction of sp³-hybridized carbons (Fsp3) is 0.211. The molecule has 1 aromatic heterocycles. The molecule has 0 spiro atoms. The monoisotopic (exact) mass is 354 g/mol. The molecular weight excluding hydrogens is 336 g/mol. The summed E-state index contributed by atoms with van der Waals surface area (Å²) in [6.45, 7) is 4.10. The number of hydrogen-bond acceptors (Lipinski definition) is 5. The Hall–Kier alpha value is -3.35. The summed E-state index contributed by atoms with van der Waals surface area (Å²) in [5, 5.41) is 2.52. The van der Waals surface area contributed by atoms with Crippen LogP contribution in [-0.2, 0) is 9.53 Å². The topological polar surface area (TPSA) is 88.9 Å². The number of hydrogen-bond donors (Lipinski definition) is 1. The van der Waals surface area contributed by atoms with Crippen molar-refractivity contribution >= 4 is 24.0 Å². The van der Waals surface area contributed by atoms with Crippen molar-refractivity contribution in [3.8, 4) is 11.3 Å². The Morgan fingerprint density at radius 1 is 1.15 bits per heavy atom. The van der Waals surface area contributed by atoms with E-state index in [1.807, 2.05) is 0 Å². The number of carbonyl (C=O) groups excluding carboxylic acids is 3. The molecule has 1 saturated heterocycles. The van der Waals surface area contributed by atoms with Gasteiger partial charge in [0.15, 0.2) is 0 Å². The average molecular weight is 354 g/mol. The largest absolute Gasteiger partial charge is 0.462 e. The quantitative estimate of drug-likeness (QED) is 0.506. The maximum Gasteiger partial charge on any atom is 0.338 e. The van der Waals surface area contributed by atoms with Gasteiger partial charge in [-0.2, -0.15) is 0 Å². The molecule has 7 nitrogen and oxygen atoms in total. The Bertz CT molecular complexity index is 880. The predicted molar refractivity (Wildman–Crippen MR) is 94.0 cm³/mol. The van der Waals surface area contributed by atoms with Crippen LogP contribution in [0.5, 0.6) is 0 Å². The molecule has 3 amide bonds. The smallest absolute Gasteiger partial charge is 0.338 e. The minimum absolute atomic E-state index is 0.176. The first-order valence-corrected chi connectivity index (χ1v) is 8.25. The van der Waals surface area contributed by atoms with Gasteiger partial charge in [-0.1, -0.05) is 12.1 Å². The molecule has 0 aliphatic carbocycles. The Kier molecular flexibility index (Phi) is 4.88. The van der Waals surface area contributed by atoms with E-state index in [1.54, 1.807) is 50.2 Å². The zero-order chi connectivity index (χ0) is 18.7. The van der Waals surface area contributed by atoms with Gasteiger partial charge in [-0.25, -0.2) is 9.59 Å². The summed E-state index contributed by atoms with van der Waals surface area (Å²) in [6, 6.07) is 9.85. The highest BCUT2D eigenvalue weighted by Crippen LogP contribution is 2.24. The van der Waals surface area contributed by atoms with Gasteiger partial charge in [-0.15, -0.1) is 0 Å². The van der Waals surface area contributed by atoms with Crippen LogP contribution in [-0.4, -0.2) is 36.0 Å². The average Bonchev–Trinajstić information content (AvgIpc) is 3.20. The first kappa shape index (κ1) is 17.5. The molecule has 3 rings (SSSR count). The van der Waals surface area contributed by atoms with Crippen molar-refractivity contribution < 1.29 is 23.5 Å². The molecule has 0 unspecified atom stereocenters. The van der Waals surface area contributed by atoms with E-state index in [1.165, 1.54) is 6.08 Å². The number of carbonyl (C=O) groups is 3. The molecule has 1 fully saturated rings. The third kappa shape index (κ3) is 3.37. The van der Waals surface area contributed by atoms with Crippen molar-refractivity contribution in [1.29, 1.82) is 0 Å². The highest BCUT2D eigenvalue weighted by Gasteiger charge is 2.32. The van der Waals surface area contributed by atoms with E-state index in [-0.39, 0.29) is 17.6 Å². The van der Waals surface area contributed by atoms with Gasteiger partial charge in [0.05, 0.1) is 12.2 Å². The summed E-state index contributed by atoms with van der Waals surface area (Å²) in [6.07, 6.45) is 1.49. The third-order valence-electron chi connectivity index (χ3n) is 3.87. The lowest BCUT2D eigenvalue weighted by atomic mass is 10.1. The fourth-order valence-corrected chi connectivity index (χ4v) is 2.57. The molecule has 1 aliphatic heterocycles. The predicted octanol–water partition coefficient (Wildman–Crippen LogP) is 3.04. The Morgan fingerprint density at radius 2 is 1.88 bits per heavy atom. The van der Waals surface area contributed by atoms with E-state index >= 15 is 0 Å². The summed E-state index contributed by atoms with van der Waals surface area (Å²) in [7, 11) is 0. The molecule has 2 heterocycles. The fourth-order valence-electron chi connectivity index (χ4n) is 2.57. The number of urea groups is 1. The van der Waals surface area contributed by atoms with Crippen LogP contribution in [0.1, 0.15) is 30.0 Å². The van der Waals surface area contributed by atoms with Crippen molar-refractivity contribution in [1.82, 2.24) is 10.2 Å². The number of ether oxygens (including phenoxy) is 1. The van der Waals surface area contributed by atoms with Crippen LogP contribution >= 0.6 is 0 Å². The molecule has 1 aromatic carbocycles. The first-order chi connectivity index (χ1) is 12.5. The van der Waals surface area contributed by atoms with Crippen molar-refractivity contribution in [3.05, 3.63) is 53.4 Å². The molecular formula is C19H18N2O5. The molecule has 1 aliphatic rings. The van der Waals surface area contributed by atoms with Crippen LogP contribution in [0.25, 0.3) is 17.4 Å². The number of likely N-dealkylation sites (N-methyl/N-ethyl adjacent to an activating group) is 1. The van der Waals surface area contributed by atoms with Gasteiger partial charge >= 0.3 is 12.0 Å². The number of amides is 3. The van der Waals surface area contributed by atoms with Gasteiger partial charge in [0.2, 0.25) is 0 Å². The normalized spacial score (nSPS) is 15.5. The third-order valence-corrected chi connectivity index (χ3v) is 3.87. The molecule has 0 saturated carbocycles. The molecule has 7 heteroatoms. The first-order valence-electron chi connectivity index (χ1n) is 8.25. The zero-order valence-corrected chi connectivity index (χ0v) is 14.4. The Balaban J connectivity index is 1.78. The van der Waals surface area contributed by atoms with Crippen LogP contribution in [0.15, 0.2) is 46.5 Å². The minimum Gasteiger partial charge on any atom is -0.462 e. The number of nitrogens with one attached hydrogen (secondary N) is 1. The lowest BCUT2D eigenvalue weighted by Crippen LogP contribution is -2.30. The molecule has 1 N–H and O–H groups in total. The summed E-state index contributed by atoms with van der Waals surface area (Å²) < 4.78 is 10.7. The molecule has 0 radical (unpaired) electrons. The Labute approximate surface area is 150 Å².